The minimum Gasteiger partial charge on any atom is -0.493 e. The molecule has 2 rings (SSSR count). The van der Waals surface area contributed by atoms with Crippen LogP contribution in [0.3, 0.4) is 0 Å². The molecule has 0 bridgehead atoms. The van der Waals surface area contributed by atoms with E-state index in [-0.39, 0.29) is 11.1 Å². The molecule has 0 amide bonds. The molecule has 2 N–H and O–H groups in total. The Morgan fingerprint density at radius 2 is 2.05 bits per heavy atom. The van der Waals surface area contributed by atoms with Crippen molar-refractivity contribution >= 4 is 12.0 Å². The minimum atomic E-state index is -1.10. The number of carboxylic acid groups (broad SMARTS) is 1. The second-order valence-corrected chi connectivity index (χ2v) is 4.26. The second kappa shape index (κ2) is 6.56. The van der Waals surface area contributed by atoms with Crippen molar-refractivity contribution in [3.8, 4) is 17.0 Å². The van der Waals surface area contributed by atoms with Gasteiger partial charge in [0.05, 0.1) is 12.3 Å². The quantitative estimate of drug-likeness (QED) is 0.827. The summed E-state index contributed by atoms with van der Waals surface area (Å²) in [6.07, 6.45) is 2.19. The van der Waals surface area contributed by atoms with Gasteiger partial charge in [-0.05, 0) is 37.3 Å². The molecule has 0 saturated heterocycles. The lowest BCUT2D eigenvalue weighted by Crippen LogP contribution is -2.10. The molecule has 5 nitrogen and oxygen atoms in total. The van der Waals surface area contributed by atoms with Crippen molar-refractivity contribution in [2.75, 3.05) is 6.61 Å². The van der Waals surface area contributed by atoms with Gasteiger partial charge in [-0.15, -0.1) is 0 Å². The fraction of sp³-hybridized carbons (Fsp3) is 0.125. The van der Waals surface area contributed by atoms with Crippen molar-refractivity contribution in [3.05, 3.63) is 58.4 Å². The summed E-state index contributed by atoms with van der Waals surface area (Å²) in [5, 5.41) is 8.58. The van der Waals surface area contributed by atoms with Crippen LogP contribution < -0.4 is 10.3 Å². The number of aromatic nitrogens is 1. The molecule has 1 aromatic carbocycles. The van der Waals surface area contributed by atoms with E-state index in [0.717, 1.165) is 11.6 Å². The monoisotopic (exact) mass is 285 g/mol. The molecule has 2 aromatic rings. The van der Waals surface area contributed by atoms with E-state index in [2.05, 4.69) is 4.98 Å². The van der Waals surface area contributed by atoms with Gasteiger partial charge in [0.15, 0.2) is 0 Å². The van der Waals surface area contributed by atoms with E-state index in [9.17, 15) is 9.59 Å². The normalized spacial score (nSPS) is 10.7. The van der Waals surface area contributed by atoms with Gasteiger partial charge in [-0.3, -0.25) is 4.79 Å². The number of pyridine rings is 1. The third-order valence-electron chi connectivity index (χ3n) is 2.82. The number of aliphatic carboxylic acids is 1. The van der Waals surface area contributed by atoms with Crippen molar-refractivity contribution in [2.45, 2.75) is 6.92 Å². The molecular weight excluding hydrogens is 270 g/mol. The van der Waals surface area contributed by atoms with Crippen molar-refractivity contribution in [3.63, 3.8) is 0 Å². The summed E-state index contributed by atoms with van der Waals surface area (Å²) in [6, 6.07) is 10.7. The molecule has 0 unspecified atom stereocenters. The highest BCUT2D eigenvalue weighted by molar-refractivity contribution is 5.85. The SMILES string of the molecule is CCOc1ccccc1-c1ccc(/C=C/C(=O)O)c(=O)[nH]1. The molecule has 0 spiro atoms. The van der Waals surface area contributed by atoms with Crippen LogP contribution in [0.2, 0.25) is 0 Å². The van der Waals surface area contributed by atoms with Crippen LogP contribution in [0.1, 0.15) is 12.5 Å². The number of benzene rings is 1. The number of hydrogen-bond donors (Lipinski definition) is 2. The third-order valence-corrected chi connectivity index (χ3v) is 2.82. The molecule has 108 valence electrons. The van der Waals surface area contributed by atoms with E-state index in [1.54, 1.807) is 12.1 Å². The smallest absolute Gasteiger partial charge is 0.328 e. The van der Waals surface area contributed by atoms with Crippen LogP contribution >= 0.6 is 0 Å². The number of rotatable bonds is 5. The largest absolute Gasteiger partial charge is 0.493 e. The Labute approximate surface area is 121 Å². The van der Waals surface area contributed by atoms with Crippen LogP contribution in [0.15, 0.2) is 47.3 Å². The second-order valence-electron chi connectivity index (χ2n) is 4.26. The molecule has 0 aliphatic rings. The average molecular weight is 285 g/mol. The molecule has 21 heavy (non-hydrogen) atoms. The Balaban J connectivity index is 2.41. The molecule has 0 aliphatic heterocycles. The van der Waals surface area contributed by atoms with Crippen LogP contribution in [-0.2, 0) is 4.79 Å². The van der Waals surface area contributed by atoms with Crippen LogP contribution in [0, 0.1) is 0 Å². The lowest BCUT2D eigenvalue weighted by molar-refractivity contribution is -0.131. The van der Waals surface area contributed by atoms with Crippen molar-refractivity contribution < 1.29 is 14.6 Å². The highest BCUT2D eigenvalue weighted by Crippen LogP contribution is 2.27. The van der Waals surface area contributed by atoms with Crippen LogP contribution in [0.25, 0.3) is 17.3 Å². The predicted molar refractivity (Wildman–Crippen MR) is 80.3 cm³/mol. The average Bonchev–Trinajstić information content (AvgIpc) is 2.47. The summed E-state index contributed by atoms with van der Waals surface area (Å²) in [5.41, 5.74) is 1.34. The first-order valence-electron chi connectivity index (χ1n) is 6.48. The predicted octanol–water partition coefficient (Wildman–Crippen LogP) is 2.54. The van der Waals surface area contributed by atoms with E-state index >= 15 is 0 Å². The molecule has 5 heteroatoms. The zero-order chi connectivity index (χ0) is 15.2. The standard InChI is InChI=1S/C16H15NO4/c1-2-21-14-6-4-3-5-12(14)13-9-7-11(16(20)17-13)8-10-15(18)19/h3-10H,2H2,1H3,(H,17,20)(H,18,19)/b10-8+. The van der Waals surface area contributed by atoms with Crippen molar-refractivity contribution in [2.24, 2.45) is 0 Å². The van der Waals surface area contributed by atoms with Crippen LogP contribution in [0.4, 0.5) is 0 Å². The summed E-state index contributed by atoms with van der Waals surface area (Å²) >= 11 is 0. The number of ether oxygens (including phenoxy) is 1. The Hall–Kier alpha value is -2.82. The fourth-order valence-corrected chi connectivity index (χ4v) is 1.90. The van der Waals surface area contributed by atoms with Gasteiger partial charge in [-0.2, -0.15) is 0 Å². The van der Waals surface area contributed by atoms with E-state index in [1.807, 2.05) is 31.2 Å². The number of carboxylic acids is 1. The van der Waals surface area contributed by atoms with E-state index in [1.165, 1.54) is 6.08 Å². The molecule has 0 saturated carbocycles. The Bertz CT molecular complexity index is 731. The highest BCUT2D eigenvalue weighted by atomic mass is 16.5. The van der Waals surface area contributed by atoms with E-state index in [4.69, 9.17) is 9.84 Å². The highest BCUT2D eigenvalue weighted by Gasteiger charge is 2.07. The Morgan fingerprint density at radius 1 is 1.29 bits per heavy atom. The van der Waals surface area contributed by atoms with Gasteiger partial charge in [-0.25, -0.2) is 4.79 Å². The van der Waals surface area contributed by atoms with Crippen LogP contribution in [-0.4, -0.2) is 22.7 Å². The zero-order valence-electron chi connectivity index (χ0n) is 11.5. The number of aromatic amines is 1. The summed E-state index contributed by atoms with van der Waals surface area (Å²) in [6.45, 7) is 2.42. The number of para-hydroxylation sites is 1. The molecule has 1 heterocycles. The summed E-state index contributed by atoms with van der Waals surface area (Å²) in [7, 11) is 0. The molecule has 0 atom stereocenters. The first-order valence-corrected chi connectivity index (χ1v) is 6.48. The number of hydrogen-bond acceptors (Lipinski definition) is 3. The fourth-order valence-electron chi connectivity index (χ4n) is 1.90. The summed E-state index contributed by atoms with van der Waals surface area (Å²) < 4.78 is 5.53. The topological polar surface area (TPSA) is 79.4 Å². The maximum Gasteiger partial charge on any atom is 0.328 e. The molecule has 0 radical (unpaired) electrons. The zero-order valence-corrected chi connectivity index (χ0v) is 11.5. The summed E-state index contributed by atoms with van der Waals surface area (Å²) in [4.78, 5) is 25.2. The first kappa shape index (κ1) is 14.6. The van der Waals surface area contributed by atoms with Gasteiger partial charge >= 0.3 is 5.97 Å². The van der Waals surface area contributed by atoms with Gasteiger partial charge in [0.2, 0.25) is 0 Å². The molecular formula is C16H15NO4. The summed E-state index contributed by atoms with van der Waals surface area (Å²) in [5.74, 6) is -0.412. The number of H-pyrrole nitrogens is 1. The molecule has 0 fully saturated rings. The van der Waals surface area contributed by atoms with E-state index < -0.39 is 5.97 Å². The van der Waals surface area contributed by atoms with Gasteiger partial charge in [0, 0.05) is 17.2 Å². The van der Waals surface area contributed by atoms with Gasteiger partial charge in [-0.1, -0.05) is 12.1 Å². The first-order chi connectivity index (χ1) is 10.1. The lowest BCUT2D eigenvalue weighted by Gasteiger charge is -2.09. The van der Waals surface area contributed by atoms with E-state index in [0.29, 0.717) is 18.1 Å². The van der Waals surface area contributed by atoms with Gasteiger partial charge < -0.3 is 14.8 Å². The number of nitrogens with one attached hydrogen (secondary N) is 1. The number of carbonyl (C=O) groups is 1. The minimum absolute atomic E-state index is 0.287. The lowest BCUT2D eigenvalue weighted by atomic mass is 10.1. The Morgan fingerprint density at radius 3 is 2.71 bits per heavy atom. The van der Waals surface area contributed by atoms with Crippen LogP contribution in [0.5, 0.6) is 5.75 Å². The van der Waals surface area contributed by atoms with Crippen molar-refractivity contribution in [1.29, 1.82) is 0 Å². The molecule has 1 aromatic heterocycles. The molecule has 0 aliphatic carbocycles. The third kappa shape index (κ3) is 3.60. The maximum atomic E-state index is 12.0. The maximum absolute atomic E-state index is 12.0. The Kier molecular flexibility index (Phi) is 4.56. The van der Waals surface area contributed by atoms with Crippen molar-refractivity contribution in [1.82, 2.24) is 4.98 Å². The van der Waals surface area contributed by atoms with Gasteiger partial charge in [0.1, 0.15) is 5.75 Å². The van der Waals surface area contributed by atoms with Gasteiger partial charge in [0.25, 0.3) is 5.56 Å².